The molecule has 10 heavy (non-hydrogen) atoms. The number of aliphatic hydroxyl groups is 2. The van der Waals surface area contributed by atoms with Gasteiger partial charge in [-0.15, -0.1) is 0 Å². The van der Waals surface area contributed by atoms with Crippen molar-refractivity contribution in [3.63, 3.8) is 0 Å². The Morgan fingerprint density at radius 3 is 2.60 bits per heavy atom. The minimum atomic E-state index is -0.409. The van der Waals surface area contributed by atoms with E-state index in [4.69, 9.17) is 10.2 Å². The molecule has 0 spiro atoms. The fourth-order valence-corrected chi connectivity index (χ4v) is 0.611. The van der Waals surface area contributed by atoms with Crippen LogP contribution < -0.4 is 0 Å². The van der Waals surface area contributed by atoms with Gasteiger partial charge in [0.2, 0.25) is 0 Å². The molecule has 0 aliphatic rings. The van der Waals surface area contributed by atoms with Gasteiger partial charge in [0.15, 0.2) is 0 Å². The van der Waals surface area contributed by atoms with Crippen LogP contribution in [0.5, 0.6) is 0 Å². The summed E-state index contributed by atoms with van der Waals surface area (Å²) in [6.07, 6.45) is 7.05. The molecule has 0 rings (SSSR count). The van der Waals surface area contributed by atoms with Gasteiger partial charge in [0.25, 0.3) is 0 Å². The fraction of sp³-hybridized carbons (Fsp3) is 0.500. The molecule has 0 aromatic carbocycles. The van der Waals surface area contributed by atoms with Crippen molar-refractivity contribution in [1.82, 2.24) is 0 Å². The molecule has 2 N–H and O–H groups in total. The fourth-order valence-electron chi connectivity index (χ4n) is 0.611. The standard InChI is InChI=1S/C8H14O2/c1-2-5-8(10)6-3-4-7-9/h2-5,8-10H,6-7H2,1H3. The summed E-state index contributed by atoms with van der Waals surface area (Å²) in [7, 11) is 0. The van der Waals surface area contributed by atoms with E-state index in [1.165, 1.54) is 0 Å². The summed E-state index contributed by atoms with van der Waals surface area (Å²) in [6.45, 7) is 1.90. The van der Waals surface area contributed by atoms with Gasteiger partial charge in [0.05, 0.1) is 12.7 Å². The highest BCUT2D eigenvalue weighted by Crippen LogP contribution is 1.94. The van der Waals surface area contributed by atoms with Crippen molar-refractivity contribution in [2.75, 3.05) is 6.61 Å². The van der Waals surface area contributed by atoms with Crippen LogP contribution in [-0.2, 0) is 0 Å². The van der Waals surface area contributed by atoms with Crippen LogP contribution in [-0.4, -0.2) is 22.9 Å². The quantitative estimate of drug-likeness (QED) is 0.571. The van der Waals surface area contributed by atoms with Gasteiger partial charge < -0.3 is 10.2 Å². The molecule has 0 amide bonds. The van der Waals surface area contributed by atoms with Gasteiger partial charge in [-0.25, -0.2) is 0 Å². The first-order valence-electron chi connectivity index (χ1n) is 3.38. The number of rotatable bonds is 4. The van der Waals surface area contributed by atoms with Crippen molar-refractivity contribution in [3.05, 3.63) is 24.3 Å². The maximum absolute atomic E-state index is 9.06. The summed E-state index contributed by atoms with van der Waals surface area (Å²) in [4.78, 5) is 0. The third-order valence-electron chi connectivity index (χ3n) is 1.06. The van der Waals surface area contributed by atoms with Crippen LogP contribution in [0.15, 0.2) is 24.3 Å². The zero-order valence-electron chi connectivity index (χ0n) is 6.20. The summed E-state index contributed by atoms with van der Waals surface area (Å²) in [5, 5.41) is 17.4. The van der Waals surface area contributed by atoms with Gasteiger partial charge in [-0.1, -0.05) is 24.3 Å². The second-order valence-electron chi connectivity index (χ2n) is 1.98. The zero-order chi connectivity index (χ0) is 7.82. The minimum Gasteiger partial charge on any atom is -0.392 e. The summed E-state index contributed by atoms with van der Waals surface area (Å²) in [5.74, 6) is 0. The van der Waals surface area contributed by atoms with E-state index in [2.05, 4.69) is 0 Å². The van der Waals surface area contributed by atoms with Gasteiger partial charge in [0, 0.05) is 0 Å². The molecule has 2 nitrogen and oxygen atoms in total. The van der Waals surface area contributed by atoms with Crippen LogP contribution in [0.2, 0.25) is 0 Å². The van der Waals surface area contributed by atoms with E-state index >= 15 is 0 Å². The Kier molecular flexibility index (Phi) is 6.13. The molecule has 0 aliphatic heterocycles. The number of aliphatic hydroxyl groups excluding tert-OH is 2. The Labute approximate surface area is 61.5 Å². The lowest BCUT2D eigenvalue weighted by molar-refractivity contribution is 0.226. The topological polar surface area (TPSA) is 40.5 Å². The van der Waals surface area contributed by atoms with Crippen LogP contribution in [0.4, 0.5) is 0 Å². The van der Waals surface area contributed by atoms with Crippen molar-refractivity contribution in [2.45, 2.75) is 19.4 Å². The highest BCUT2D eigenvalue weighted by molar-refractivity contribution is 4.92. The summed E-state index contributed by atoms with van der Waals surface area (Å²) >= 11 is 0. The molecule has 0 bridgehead atoms. The van der Waals surface area contributed by atoms with E-state index in [0.717, 1.165) is 0 Å². The van der Waals surface area contributed by atoms with Crippen molar-refractivity contribution in [1.29, 1.82) is 0 Å². The molecule has 0 saturated heterocycles. The first kappa shape index (κ1) is 9.40. The van der Waals surface area contributed by atoms with Crippen molar-refractivity contribution >= 4 is 0 Å². The summed E-state index contributed by atoms with van der Waals surface area (Å²) in [6, 6.07) is 0. The highest BCUT2D eigenvalue weighted by Gasteiger charge is 1.91. The van der Waals surface area contributed by atoms with Crippen LogP contribution in [0.3, 0.4) is 0 Å². The number of allylic oxidation sites excluding steroid dienone is 1. The average Bonchev–Trinajstić information content (AvgIpc) is 1.89. The molecule has 0 aliphatic carbocycles. The van der Waals surface area contributed by atoms with Gasteiger partial charge >= 0.3 is 0 Å². The molecule has 2 heteroatoms. The maximum Gasteiger partial charge on any atom is 0.0755 e. The lowest BCUT2D eigenvalue weighted by Gasteiger charge is -1.97. The Morgan fingerprint density at radius 2 is 2.10 bits per heavy atom. The van der Waals surface area contributed by atoms with Crippen LogP contribution >= 0.6 is 0 Å². The monoisotopic (exact) mass is 142 g/mol. The van der Waals surface area contributed by atoms with Crippen LogP contribution in [0.1, 0.15) is 13.3 Å². The molecule has 0 aromatic heterocycles. The third-order valence-corrected chi connectivity index (χ3v) is 1.06. The number of hydrogen-bond donors (Lipinski definition) is 2. The van der Waals surface area contributed by atoms with E-state index in [0.29, 0.717) is 6.42 Å². The van der Waals surface area contributed by atoms with E-state index in [1.807, 2.05) is 6.92 Å². The molecule has 0 radical (unpaired) electrons. The third kappa shape index (κ3) is 5.54. The Bertz CT molecular complexity index is 116. The predicted molar refractivity (Wildman–Crippen MR) is 41.7 cm³/mol. The SMILES string of the molecule is CC=CC(O)CC=CCO. The molecule has 0 saturated carbocycles. The summed E-state index contributed by atoms with van der Waals surface area (Å²) in [5.41, 5.74) is 0. The van der Waals surface area contributed by atoms with Gasteiger partial charge in [0.1, 0.15) is 0 Å². The van der Waals surface area contributed by atoms with Crippen LogP contribution in [0.25, 0.3) is 0 Å². The van der Waals surface area contributed by atoms with Gasteiger partial charge in [-0.2, -0.15) is 0 Å². The first-order valence-corrected chi connectivity index (χ1v) is 3.38. The second-order valence-corrected chi connectivity index (χ2v) is 1.98. The lowest BCUT2D eigenvalue weighted by atomic mass is 10.2. The lowest BCUT2D eigenvalue weighted by Crippen LogP contribution is -1.98. The molecule has 0 aromatic rings. The second kappa shape index (κ2) is 6.52. The van der Waals surface area contributed by atoms with E-state index < -0.39 is 6.10 Å². The first-order chi connectivity index (χ1) is 4.81. The molecular weight excluding hydrogens is 128 g/mol. The minimum absolute atomic E-state index is 0.0442. The van der Waals surface area contributed by atoms with Gasteiger partial charge in [-0.05, 0) is 13.3 Å². The molecular formula is C8H14O2. The Hall–Kier alpha value is -0.600. The maximum atomic E-state index is 9.06. The smallest absolute Gasteiger partial charge is 0.0755 e. The van der Waals surface area contributed by atoms with E-state index in [1.54, 1.807) is 24.3 Å². The normalized spacial score (nSPS) is 15.1. The molecule has 0 heterocycles. The molecule has 0 fully saturated rings. The largest absolute Gasteiger partial charge is 0.392 e. The molecule has 1 atom stereocenters. The predicted octanol–water partition coefficient (Wildman–Crippen LogP) is 0.862. The summed E-state index contributed by atoms with van der Waals surface area (Å²) < 4.78 is 0. The van der Waals surface area contributed by atoms with Crippen molar-refractivity contribution in [3.8, 4) is 0 Å². The average molecular weight is 142 g/mol. The van der Waals surface area contributed by atoms with Gasteiger partial charge in [-0.3, -0.25) is 0 Å². The molecule has 1 unspecified atom stereocenters. The van der Waals surface area contributed by atoms with E-state index in [-0.39, 0.29) is 6.61 Å². The van der Waals surface area contributed by atoms with Crippen molar-refractivity contribution in [2.24, 2.45) is 0 Å². The van der Waals surface area contributed by atoms with Crippen molar-refractivity contribution < 1.29 is 10.2 Å². The van der Waals surface area contributed by atoms with Crippen LogP contribution in [0, 0.1) is 0 Å². The highest BCUT2D eigenvalue weighted by atomic mass is 16.3. The Morgan fingerprint density at radius 1 is 1.40 bits per heavy atom. The molecule has 58 valence electrons. The zero-order valence-corrected chi connectivity index (χ0v) is 6.20. The number of hydrogen-bond acceptors (Lipinski definition) is 2. The Balaban J connectivity index is 3.38. The van der Waals surface area contributed by atoms with E-state index in [9.17, 15) is 0 Å².